The molecule has 2 N–H and O–H groups in total. The fraction of sp³-hybridized carbons (Fsp3) is 0.500. The molecule has 1 aliphatic carbocycles. The summed E-state index contributed by atoms with van der Waals surface area (Å²) in [5.74, 6) is 0.862. The summed E-state index contributed by atoms with van der Waals surface area (Å²) < 4.78 is 23.3. The van der Waals surface area contributed by atoms with E-state index in [1.807, 2.05) is 12.1 Å². The Balaban J connectivity index is 1.16. The summed E-state index contributed by atoms with van der Waals surface area (Å²) in [6, 6.07) is 10.2. The quantitative estimate of drug-likeness (QED) is 0.280. The highest BCUT2D eigenvalue weighted by molar-refractivity contribution is 6.36. The fourth-order valence-electron chi connectivity index (χ4n) is 9.30. The van der Waals surface area contributed by atoms with Gasteiger partial charge in [0.15, 0.2) is 5.82 Å². The Bertz CT molecular complexity index is 1790. The molecule has 2 aromatic carbocycles. The number of hydrogen-bond donors (Lipinski definition) is 2. The maximum Gasteiger partial charge on any atom is 0.319 e. The first-order chi connectivity index (χ1) is 21.5. The van der Waals surface area contributed by atoms with Crippen LogP contribution < -0.4 is 15.0 Å². The third kappa shape index (κ3) is 4.19. The number of aromatic hydroxyl groups is 1. The second kappa shape index (κ2) is 10.1. The van der Waals surface area contributed by atoms with Crippen LogP contribution in [0.15, 0.2) is 36.5 Å². The van der Waals surface area contributed by atoms with Gasteiger partial charge >= 0.3 is 6.01 Å². The first kappa shape index (κ1) is 27.1. The van der Waals surface area contributed by atoms with Crippen molar-refractivity contribution in [2.24, 2.45) is 5.92 Å². The number of hydrogen-bond acceptors (Lipinski definition) is 8. The smallest absolute Gasteiger partial charge is 0.319 e. The van der Waals surface area contributed by atoms with E-state index >= 15 is 4.39 Å². The van der Waals surface area contributed by atoms with E-state index in [0.717, 1.165) is 51.2 Å². The van der Waals surface area contributed by atoms with Gasteiger partial charge in [-0.25, -0.2) is 4.39 Å². The molecule has 8 nitrogen and oxygen atoms in total. The lowest BCUT2D eigenvalue weighted by Crippen LogP contribution is -2.51. The Labute approximate surface area is 260 Å². The normalized spacial score (nSPS) is 29.5. The number of phenols is 1. The summed E-state index contributed by atoms with van der Waals surface area (Å²) in [6.07, 6.45) is 11.3. The van der Waals surface area contributed by atoms with Crippen LogP contribution >= 0.6 is 11.6 Å². The summed E-state index contributed by atoms with van der Waals surface area (Å²) >= 11 is 6.61. The van der Waals surface area contributed by atoms with Gasteiger partial charge in [-0.05, 0) is 81.0 Å². The number of halogens is 2. The molecule has 6 heterocycles. The Morgan fingerprint density at radius 2 is 1.95 bits per heavy atom. The van der Waals surface area contributed by atoms with E-state index in [2.05, 4.69) is 20.1 Å². The van der Waals surface area contributed by atoms with Crippen molar-refractivity contribution < 1.29 is 14.2 Å². The van der Waals surface area contributed by atoms with Gasteiger partial charge < -0.3 is 20.1 Å². The van der Waals surface area contributed by atoms with Crippen LogP contribution in [0.4, 0.5) is 10.2 Å². The van der Waals surface area contributed by atoms with Crippen molar-refractivity contribution >= 4 is 39.1 Å². The zero-order valence-electron chi connectivity index (χ0n) is 24.6. The number of nitrogens with one attached hydrogen (secondary N) is 1. The van der Waals surface area contributed by atoms with Gasteiger partial charge in [0, 0.05) is 53.4 Å². The van der Waals surface area contributed by atoms with Crippen LogP contribution in [-0.4, -0.2) is 74.9 Å². The maximum atomic E-state index is 16.8. The minimum atomic E-state index is -0.572. The highest BCUT2D eigenvalue weighted by Crippen LogP contribution is 2.51. The van der Waals surface area contributed by atoms with E-state index in [1.54, 1.807) is 18.3 Å². The van der Waals surface area contributed by atoms with Crippen molar-refractivity contribution in [1.82, 2.24) is 25.2 Å². The minimum absolute atomic E-state index is 0.0152. The van der Waals surface area contributed by atoms with Crippen LogP contribution in [0.3, 0.4) is 0 Å². The molecule has 2 bridgehead atoms. The molecule has 0 amide bonds. The molecule has 3 unspecified atom stereocenters. The number of rotatable bonds is 5. The molecule has 228 valence electrons. The first-order valence-electron chi connectivity index (χ1n) is 16.1. The molecule has 4 saturated heterocycles. The summed E-state index contributed by atoms with van der Waals surface area (Å²) in [4.78, 5) is 19.3. The van der Waals surface area contributed by atoms with Crippen molar-refractivity contribution in [3.05, 3.63) is 47.4 Å². The molecule has 1 saturated carbocycles. The van der Waals surface area contributed by atoms with Crippen LogP contribution in [0.25, 0.3) is 32.9 Å². The van der Waals surface area contributed by atoms with Gasteiger partial charge in [0.1, 0.15) is 29.4 Å². The van der Waals surface area contributed by atoms with Gasteiger partial charge in [0.05, 0.1) is 10.9 Å². The van der Waals surface area contributed by atoms with Crippen LogP contribution in [0.1, 0.15) is 51.4 Å². The number of piperazine rings is 1. The lowest BCUT2D eigenvalue weighted by atomic mass is 9.90. The van der Waals surface area contributed by atoms with Gasteiger partial charge in [0.2, 0.25) is 0 Å². The number of fused-ring (bicyclic) bond motifs is 7. The molecular formula is C34H36ClFN6O2. The lowest BCUT2D eigenvalue weighted by molar-refractivity contribution is 0.0832. The summed E-state index contributed by atoms with van der Waals surface area (Å²) in [5, 5.41) is 16.6. The van der Waals surface area contributed by atoms with Crippen molar-refractivity contribution in [3.63, 3.8) is 0 Å². The first-order valence-corrected chi connectivity index (χ1v) is 16.5. The summed E-state index contributed by atoms with van der Waals surface area (Å²) in [5.41, 5.74) is 0.702. The van der Waals surface area contributed by atoms with Gasteiger partial charge in [-0.2, -0.15) is 9.97 Å². The number of pyridine rings is 1. The Hall–Kier alpha value is -3.27. The molecule has 5 aliphatic rings. The van der Waals surface area contributed by atoms with Crippen molar-refractivity contribution in [2.45, 2.75) is 75.0 Å². The molecule has 0 spiro atoms. The van der Waals surface area contributed by atoms with Crippen LogP contribution in [0.5, 0.6) is 11.8 Å². The molecule has 4 aromatic rings. The molecule has 10 heteroatoms. The highest BCUT2D eigenvalue weighted by atomic mass is 35.5. The van der Waals surface area contributed by atoms with E-state index in [4.69, 9.17) is 26.3 Å². The third-order valence-corrected chi connectivity index (χ3v) is 11.4. The Kier molecular flexibility index (Phi) is 6.23. The van der Waals surface area contributed by atoms with Crippen molar-refractivity contribution in [2.75, 3.05) is 31.1 Å². The third-order valence-electron chi connectivity index (χ3n) is 11.1. The van der Waals surface area contributed by atoms with Crippen LogP contribution in [-0.2, 0) is 0 Å². The Morgan fingerprint density at radius 1 is 1.09 bits per heavy atom. The molecule has 0 radical (unpaired) electrons. The summed E-state index contributed by atoms with van der Waals surface area (Å²) in [7, 11) is 0. The van der Waals surface area contributed by atoms with Gasteiger partial charge in [-0.3, -0.25) is 9.88 Å². The van der Waals surface area contributed by atoms with Gasteiger partial charge in [-0.1, -0.05) is 30.2 Å². The summed E-state index contributed by atoms with van der Waals surface area (Å²) in [6.45, 7) is 3.23. The largest absolute Gasteiger partial charge is 0.508 e. The SMILES string of the molecule is Oc1cc(-c2ncc3c(N4CC5CCC(C4)N5)nc(OCC45CCCN4[C@H]4CCC[C@H]4C5)nc3c2F)c2c(Cl)cccc2c1. The minimum Gasteiger partial charge on any atom is -0.508 e. The lowest BCUT2D eigenvalue weighted by Gasteiger charge is -2.35. The molecule has 4 aliphatic heterocycles. The average Bonchev–Trinajstić information content (AvgIpc) is 3.77. The molecule has 5 atom stereocenters. The molecule has 44 heavy (non-hydrogen) atoms. The Morgan fingerprint density at radius 3 is 2.82 bits per heavy atom. The van der Waals surface area contributed by atoms with Gasteiger partial charge in [0.25, 0.3) is 0 Å². The number of aromatic nitrogens is 3. The van der Waals surface area contributed by atoms with Crippen molar-refractivity contribution in [3.8, 4) is 23.0 Å². The topological polar surface area (TPSA) is 86.6 Å². The van der Waals surface area contributed by atoms with E-state index in [0.29, 0.717) is 57.3 Å². The van der Waals surface area contributed by atoms with Crippen LogP contribution in [0.2, 0.25) is 5.02 Å². The number of phenolic OH excluding ortho intramolecular Hbond substituents is 1. The van der Waals surface area contributed by atoms with E-state index in [9.17, 15) is 5.11 Å². The molecule has 9 rings (SSSR count). The zero-order valence-corrected chi connectivity index (χ0v) is 25.4. The fourth-order valence-corrected chi connectivity index (χ4v) is 9.58. The molecule has 5 fully saturated rings. The molecule has 2 aromatic heterocycles. The highest BCUT2D eigenvalue weighted by Gasteiger charge is 2.55. The number of benzene rings is 2. The van der Waals surface area contributed by atoms with E-state index < -0.39 is 5.82 Å². The number of nitrogens with zero attached hydrogens (tertiary/aromatic N) is 5. The standard InChI is InChI=1S/C34H36ClFN6O2/c35-26-6-1-4-19-12-23(43)13-24(28(19)26)30-29(36)31-25(15-37-30)32(41-16-21-8-9-22(17-41)38-21)40-33(39-31)44-18-34-10-3-11-42(34)27-7-2-5-20(27)14-34/h1,4,6,12-13,15,20-22,27,38,43H,2-3,5,7-11,14,16-18H2/t20-,21?,22?,27-,34?/m0/s1. The molecular weight excluding hydrogens is 579 g/mol. The van der Waals surface area contributed by atoms with Crippen LogP contribution in [0, 0.1) is 11.7 Å². The predicted octanol–water partition coefficient (Wildman–Crippen LogP) is 6.07. The van der Waals surface area contributed by atoms with Crippen molar-refractivity contribution in [1.29, 1.82) is 0 Å². The maximum absolute atomic E-state index is 16.8. The average molecular weight is 615 g/mol. The zero-order chi connectivity index (χ0) is 29.6. The second-order valence-electron chi connectivity index (χ2n) is 13.7. The van der Waals surface area contributed by atoms with E-state index in [-0.39, 0.29) is 28.5 Å². The predicted molar refractivity (Wildman–Crippen MR) is 169 cm³/mol. The monoisotopic (exact) mass is 614 g/mol. The second-order valence-corrected chi connectivity index (χ2v) is 14.1. The number of anilines is 1. The van der Waals surface area contributed by atoms with E-state index in [1.165, 1.54) is 31.7 Å². The van der Waals surface area contributed by atoms with Gasteiger partial charge in [-0.15, -0.1) is 0 Å². The number of ether oxygens (including phenoxy) is 1.